The van der Waals surface area contributed by atoms with E-state index in [0.717, 1.165) is 28.0 Å². The number of amides is 1. The van der Waals surface area contributed by atoms with E-state index >= 15 is 0 Å². The summed E-state index contributed by atoms with van der Waals surface area (Å²) < 4.78 is 6.73. The Morgan fingerprint density at radius 2 is 2.24 bits per heavy atom. The summed E-state index contributed by atoms with van der Waals surface area (Å²) in [7, 11) is 0. The molecule has 150 valence electrons. The fourth-order valence-electron chi connectivity index (χ4n) is 3.28. The summed E-state index contributed by atoms with van der Waals surface area (Å²) in [6.45, 7) is 1.05. The second-order valence-electron chi connectivity index (χ2n) is 6.69. The summed E-state index contributed by atoms with van der Waals surface area (Å²) in [6.07, 6.45) is 3.78. The number of hydrogen-bond donors (Lipinski definition) is 0. The number of benzene rings is 2. The van der Waals surface area contributed by atoms with E-state index in [2.05, 4.69) is 11.1 Å². The van der Waals surface area contributed by atoms with E-state index in [1.54, 1.807) is 22.7 Å². The molecule has 3 aromatic rings. The van der Waals surface area contributed by atoms with E-state index in [1.807, 2.05) is 18.4 Å². The molecule has 9 heteroatoms. The Morgan fingerprint density at radius 1 is 1.38 bits per heavy atom. The molecule has 0 spiro atoms. The van der Waals surface area contributed by atoms with Gasteiger partial charge in [-0.1, -0.05) is 17.4 Å². The molecule has 2 aromatic carbocycles. The number of nitro benzene ring substituents is 1. The van der Waals surface area contributed by atoms with Crippen LogP contribution in [0.5, 0.6) is 0 Å². The number of hydrogen-bond acceptors (Lipinski definition) is 7. The average Bonchev–Trinajstić information content (AvgIpc) is 3.40. The van der Waals surface area contributed by atoms with E-state index in [1.165, 1.54) is 29.5 Å². The first-order chi connectivity index (χ1) is 14.0. The van der Waals surface area contributed by atoms with Gasteiger partial charge in [-0.2, -0.15) is 0 Å². The highest BCUT2D eigenvalue weighted by Gasteiger charge is 2.27. The number of carbonyl (C=O) groups excluding carboxylic acids is 1. The lowest BCUT2D eigenvalue weighted by Crippen LogP contribution is -2.37. The molecular formula is C20H19N3O4S2. The van der Waals surface area contributed by atoms with Crippen molar-refractivity contribution in [2.45, 2.75) is 23.8 Å². The molecule has 1 unspecified atom stereocenters. The summed E-state index contributed by atoms with van der Waals surface area (Å²) >= 11 is 3.09. The molecule has 2 heterocycles. The molecule has 1 saturated heterocycles. The minimum atomic E-state index is -0.497. The molecule has 0 N–H and O–H groups in total. The highest BCUT2D eigenvalue weighted by molar-refractivity contribution is 7.98. The number of rotatable bonds is 6. The predicted octanol–water partition coefficient (Wildman–Crippen LogP) is 4.75. The van der Waals surface area contributed by atoms with Gasteiger partial charge >= 0.3 is 0 Å². The lowest BCUT2D eigenvalue weighted by Gasteiger charge is -2.23. The van der Waals surface area contributed by atoms with Crippen LogP contribution >= 0.6 is 23.1 Å². The molecule has 1 aromatic heterocycles. The number of fused-ring (bicyclic) bond motifs is 1. The third-order valence-electron chi connectivity index (χ3n) is 4.77. The summed E-state index contributed by atoms with van der Waals surface area (Å²) in [5.74, 6) is -0.312. The number of aromatic nitrogens is 1. The Bertz CT molecular complexity index is 1060. The largest absolute Gasteiger partial charge is 0.376 e. The van der Waals surface area contributed by atoms with Crippen LogP contribution < -0.4 is 4.90 Å². The van der Waals surface area contributed by atoms with Crippen molar-refractivity contribution in [3.8, 4) is 0 Å². The van der Waals surface area contributed by atoms with Gasteiger partial charge in [-0.3, -0.25) is 19.8 Å². The first kappa shape index (κ1) is 19.8. The number of ether oxygens (including phenoxy) is 1. The molecule has 4 rings (SSSR count). The van der Waals surface area contributed by atoms with Crippen LogP contribution in [0.2, 0.25) is 0 Å². The van der Waals surface area contributed by atoms with E-state index in [4.69, 9.17) is 4.74 Å². The van der Waals surface area contributed by atoms with Gasteiger partial charge in [0.1, 0.15) is 0 Å². The quantitative estimate of drug-likeness (QED) is 0.319. The number of non-ortho nitro benzene ring substituents is 1. The molecule has 7 nitrogen and oxygen atoms in total. The first-order valence-electron chi connectivity index (χ1n) is 9.17. The zero-order valence-electron chi connectivity index (χ0n) is 15.7. The van der Waals surface area contributed by atoms with Gasteiger partial charge in [-0.15, -0.1) is 11.8 Å². The summed E-state index contributed by atoms with van der Waals surface area (Å²) in [4.78, 5) is 31.3. The monoisotopic (exact) mass is 429 g/mol. The van der Waals surface area contributed by atoms with E-state index < -0.39 is 4.92 Å². The van der Waals surface area contributed by atoms with Gasteiger partial charge in [0.15, 0.2) is 5.13 Å². The molecule has 0 radical (unpaired) electrons. The molecule has 1 atom stereocenters. The highest BCUT2D eigenvalue weighted by Crippen LogP contribution is 2.33. The van der Waals surface area contributed by atoms with Crippen LogP contribution in [0, 0.1) is 10.1 Å². The molecule has 1 fully saturated rings. The van der Waals surface area contributed by atoms with Crippen LogP contribution in [0.4, 0.5) is 10.8 Å². The maximum absolute atomic E-state index is 13.3. The number of thiazole rings is 1. The number of carbonyl (C=O) groups is 1. The Morgan fingerprint density at radius 3 is 2.97 bits per heavy atom. The van der Waals surface area contributed by atoms with Gasteiger partial charge < -0.3 is 4.74 Å². The van der Waals surface area contributed by atoms with Crippen LogP contribution in [0.1, 0.15) is 23.2 Å². The third-order valence-corrected chi connectivity index (χ3v) is 6.54. The maximum atomic E-state index is 13.3. The minimum absolute atomic E-state index is 0.0635. The molecule has 29 heavy (non-hydrogen) atoms. The van der Waals surface area contributed by atoms with Gasteiger partial charge in [-0.05, 0) is 43.4 Å². The topological polar surface area (TPSA) is 85.6 Å². The van der Waals surface area contributed by atoms with Crippen LogP contribution in [-0.4, -0.2) is 41.3 Å². The molecule has 0 aliphatic carbocycles. The van der Waals surface area contributed by atoms with Gasteiger partial charge in [0.25, 0.3) is 11.6 Å². The smallest absolute Gasteiger partial charge is 0.270 e. The van der Waals surface area contributed by atoms with Crippen LogP contribution in [-0.2, 0) is 4.74 Å². The van der Waals surface area contributed by atoms with Gasteiger partial charge in [0.2, 0.25) is 0 Å². The van der Waals surface area contributed by atoms with Crippen LogP contribution in [0.25, 0.3) is 10.2 Å². The van der Waals surface area contributed by atoms with Crippen molar-refractivity contribution in [1.82, 2.24) is 4.98 Å². The van der Waals surface area contributed by atoms with Crippen LogP contribution in [0.3, 0.4) is 0 Å². The molecule has 1 amide bonds. The van der Waals surface area contributed by atoms with Crippen molar-refractivity contribution in [2.24, 2.45) is 0 Å². The first-order valence-corrected chi connectivity index (χ1v) is 11.2. The Kier molecular flexibility index (Phi) is 5.79. The fraction of sp³-hybridized carbons (Fsp3) is 0.300. The van der Waals surface area contributed by atoms with Crippen molar-refractivity contribution in [3.63, 3.8) is 0 Å². The summed E-state index contributed by atoms with van der Waals surface area (Å²) in [5, 5.41) is 11.7. The summed E-state index contributed by atoms with van der Waals surface area (Å²) in [5.41, 5.74) is 0.982. The molecule has 0 saturated carbocycles. The second kappa shape index (κ2) is 8.48. The zero-order valence-corrected chi connectivity index (χ0v) is 17.4. The fourth-order valence-corrected chi connectivity index (χ4v) is 4.81. The van der Waals surface area contributed by atoms with Gasteiger partial charge in [0, 0.05) is 29.2 Å². The van der Waals surface area contributed by atoms with E-state index in [9.17, 15) is 14.9 Å². The maximum Gasteiger partial charge on any atom is 0.270 e. The average molecular weight is 430 g/mol. The van der Waals surface area contributed by atoms with Crippen molar-refractivity contribution in [3.05, 3.63) is 58.1 Å². The number of nitrogens with zero attached hydrogens (tertiary/aromatic N) is 3. The van der Waals surface area contributed by atoms with Gasteiger partial charge in [0.05, 0.1) is 27.8 Å². The molecular weight excluding hydrogens is 410 g/mol. The molecule has 0 bridgehead atoms. The van der Waals surface area contributed by atoms with E-state index in [0.29, 0.717) is 18.3 Å². The number of nitro groups is 1. The van der Waals surface area contributed by atoms with Crippen LogP contribution in [0.15, 0.2) is 47.4 Å². The second-order valence-corrected chi connectivity index (χ2v) is 8.58. The minimum Gasteiger partial charge on any atom is -0.376 e. The Balaban J connectivity index is 1.72. The van der Waals surface area contributed by atoms with Crippen molar-refractivity contribution >= 4 is 50.0 Å². The Labute approximate surface area is 175 Å². The molecule has 1 aliphatic rings. The number of anilines is 1. The van der Waals surface area contributed by atoms with E-state index in [-0.39, 0.29) is 23.3 Å². The highest BCUT2D eigenvalue weighted by atomic mass is 32.2. The molecule has 1 aliphatic heterocycles. The SMILES string of the molecule is CSc1ccc2nc(N(CC3CCCO3)C(=O)c3cccc([N+](=O)[O-])c3)sc2c1. The number of thioether (sulfide) groups is 1. The summed E-state index contributed by atoms with van der Waals surface area (Å²) in [6, 6.07) is 11.8. The normalized spacial score (nSPS) is 16.2. The Hall–Kier alpha value is -2.49. The standard InChI is InChI=1S/C20H19N3O4S2/c1-28-16-7-8-17-18(11-16)29-20(21-17)22(12-15-6-3-9-27-15)19(24)13-4-2-5-14(10-13)23(25)26/h2,4-5,7-8,10-11,15H,3,6,9,12H2,1H3. The lowest BCUT2D eigenvalue weighted by atomic mass is 10.1. The van der Waals surface area contributed by atoms with Crippen molar-refractivity contribution < 1.29 is 14.5 Å². The van der Waals surface area contributed by atoms with Crippen molar-refractivity contribution in [2.75, 3.05) is 24.3 Å². The predicted molar refractivity (Wildman–Crippen MR) is 115 cm³/mol. The van der Waals surface area contributed by atoms with Crippen molar-refractivity contribution in [1.29, 1.82) is 0 Å². The lowest BCUT2D eigenvalue weighted by molar-refractivity contribution is -0.384. The van der Waals surface area contributed by atoms with Gasteiger partial charge in [-0.25, -0.2) is 4.98 Å². The zero-order chi connectivity index (χ0) is 20.4. The third kappa shape index (κ3) is 4.26.